The Bertz CT molecular complexity index is 575. The van der Waals surface area contributed by atoms with Crippen molar-refractivity contribution in [1.29, 1.82) is 0 Å². The van der Waals surface area contributed by atoms with Crippen molar-refractivity contribution in [2.75, 3.05) is 11.9 Å². The lowest BCUT2D eigenvalue weighted by Gasteiger charge is -2.25. The number of aromatic carboxylic acids is 1. The number of halogens is 1. The van der Waals surface area contributed by atoms with Crippen molar-refractivity contribution in [2.24, 2.45) is 5.73 Å². The number of amides is 3. The first-order valence-electron chi connectivity index (χ1n) is 6.11. The molecule has 1 aromatic carbocycles. The summed E-state index contributed by atoms with van der Waals surface area (Å²) in [7, 11) is 0. The lowest BCUT2D eigenvalue weighted by atomic mass is 10.2. The van der Waals surface area contributed by atoms with Gasteiger partial charge in [0.2, 0.25) is 5.91 Å². The molecule has 8 heteroatoms. The molecule has 0 radical (unpaired) electrons. The van der Waals surface area contributed by atoms with E-state index in [9.17, 15) is 18.8 Å². The van der Waals surface area contributed by atoms with Crippen LogP contribution in [0, 0.1) is 5.82 Å². The zero-order valence-electron chi connectivity index (χ0n) is 11.6. The second-order valence-electron chi connectivity index (χ2n) is 4.62. The molecule has 0 atom stereocenters. The predicted molar refractivity (Wildman–Crippen MR) is 73.4 cm³/mol. The number of carboxylic acids is 1. The zero-order valence-corrected chi connectivity index (χ0v) is 11.6. The predicted octanol–water partition coefficient (Wildman–Crippen LogP) is 1.25. The summed E-state index contributed by atoms with van der Waals surface area (Å²) in [5.74, 6) is -3.04. The van der Waals surface area contributed by atoms with Gasteiger partial charge in [0.15, 0.2) is 0 Å². The maximum atomic E-state index is 13.5. The summed E-state index contributed by atoms with van der Waals surface area (Å²) in [5.41, 5.74) is 4.64. The van der Waals surface area contributed by atoms with Crippen LogP contribution >= 0.6 is 0 Å². The zero-order chi connectivity index (χ0) is 16.2. The molecule has 0 aliphatic rings. The number of hydrogen-bond donors (Lipinski definition) is 3. The van der Waals surface area contributed by atoms with E-state index in [1.807, 2.05) is 0 Å². The number of carbonyl (C=O) groups is 3. The van der Waals surface area contributed by atoms with E-state index in [0.29, 0.717) is 0 Å². The number of nitrogens with zero attached hydrogens (tertiary/aromatic N) is 1. The van der Waals surface area contributed by atoms with Gasteiger partial charge >= 0.3 is 12.0 Å². The largest absolute Gasteiger partial charge is 0.478 e. The molecule has 0 aliphatic heterocycles. The van der Waals surface area contributed by atoms with E-state index >= 15 is 0 Å². The standard InChI is InChI=1S/C13H16FN3O4/c1-7(2)17(6-11(15)18)13(21)16-8-3-4-9(12(19)20)10(14)5-8/h3-5,7H,6H2,1-2H3,(H2,15,18)(H,16,21)(H,19,20). The van der Waals surface area contributed by atoms with Crippen molar-refractivity contribution in [3.8, 4) is 0 Å². The maximum absolute atomic E-state index is 13.5. The molecule has 0 heterocycles. The molecule has 7 nitrogen and oxygen atoms in total. The summed E-state index contributed by atoms with van der Waals surface area (Å²) < 4.78 is 13.5. The number of hydrogen-bond acceptors (Lipinski definition) is 3. The van der Waals surface area contributed by atoms with Crippen molar-refractivity contribution < 1.29 is 23.9 Å². The number of nitrogens with two attached hydrogens (primary N) is 1. The molecule has 3 amide bonds. The van der Waals surface area contributed by atoms with Gasteiger partial charge in [0.25, 0.3) is 0 Å². The third-order valence-electron chi connectivity index (χ3n) is 2.66. The first-order chi connectivity index (χ1) is 9.72. The fourth-order valence-corrected chi connectivity index (χ4v) is 1.62. The molecule has 0 aromatic heterocycles. The summed E-state index contributed by atoms with van der Waals surface area (Å²) in [5, 5.41) is 11.1. The first kappa shape index (κ1) is 16.4. The van der Waals surface area contributed by atoms with Crippen molar-refractivity contribution in [3.63, 3.8) is 0 Å². The van der Waals surface area contributed by atoms with Crippen LogP contribution in [0.25, 0.3) is 0 Å². The summed E-state index contributed by atoms with van der Waals surface area (Å²) in [6.07, 6.45) is 0. The van der Waals surface area contributed by atoms with E-state index in [1.54, 1.807) is 13.8 Å². The van der Waals surface area contributed by atoms with Gasteiger partial charge in [-0.3, -0.25) is 4.79 Å². The highest BCUT2D eigenvalue weighted by Gasteiger charge is 2.19. The van der Waals surface area contributed by atoms with Crippen LogP contribution < -0.4 is 11.1 Å². The molecular formula is C13H16FN3O4. The molecule has 4 N–H and O–H groups in total. The van der Waals surface area contributed by atoms with Crippen LogP contribution in [0.1, 0.15) is 24.2 Å². The molecule has 1 rings (SSSR count). The number of rotatable bonds is 5. The Labute approximate surface area is 120 Å². The Balaban J connectivity index is 2.89. The van der Waals surface area contributed by atoms with Gasteiger partial charge in [-0.25, -0.2) is 14.0 Å². The van der Waals surface area contributed by atoms with Crippen molar-refractivity contribution in [1.82, 2.24) is 4.90 Å². The van der Waals surface area contributed by atoms with Gasteiger partial charge in [-0.05, 0) is 32.0 Å². The number of nitrogens with one attached hydrogen (secondary N) is 1. The summed E-state index contributed by atoms with van der Waals surface area (Å²) in [6.45, 7) is 3.10. The van der Waals surface area contributed by atoms with Gasteiger partial charge in [-0.1, -0.05) is 0 Å². The topological polar surface area (TPSA) is 113 Å². The normalized spacial score (nSPS) is 10.3. The Kier molecular flexibility index (Phi) is 5.23. The highest BCUT2D eigenvalue weighted by Crippen LogP contribution is 2.15. The van der Waals surface area contributed by atoms with E-state index in [0.717, 1.165) is 12.1 Å². The van der Waals surface area contributed by atoms with E-state index in [1.165, 1.54) is 11.0 Å². The van der Waals surface area contributed by atoms with Gasteiger partial charge in [0.1, 0.15) is 12.4 Å². The third-order valence-corrected chi connectivity index (χ3v) is 2.66. The van der Waals surface area contributed by atoms with Gasteiger partial charge in [0.05, 0.1) is 5.56 Å². The fraction of sp³-hybridized carbons (Fsp3) is 0.308. The third kappa shape index (κ3) is 4.44. The Morgan fingerprint density at radius 1 is 1.38 bits per heavy atom. The Morgan fingerprint density at radius 3 is 2.43 bits per heavy atom. The van der Waals surface area contributed by atoms with Crippen LogP contribution in [0.5, 0.6) is 0 Å². The number of carboxylic acid groups (broad SMARTS) is 1. The number of urea groups is 1. The number of benzene rings is 1. The molecule has 21 heavy (non-hydrogen) atoms. The molecule has 0 unspecified atom stereocenters. The van der Waals surface area contributed by atoms with Crippen LogP contribution in [0.3, 0.4) is 0 Å². The second kappa shape index (κ2) is 6.69. The average molecular weight is 297 g/mol. The first-order valence-corrected chi connectivity index (χ1v) is 6.11. The van der Waals surface area contributed by atoms with Gasteiger partial charge < -0.3 is 21.1 Å². The molecule has 0 fully saturated rings. The van der Waals surface area contributed by atoms with Crippen LogP contribution in [0.15, 0.2) is 18.2 Å². The molecule has 1 aromatic rings. The highest BCUT2D eigenvalue weighted by molar-refractivity contribution is 5.93. The maximum Gasteiger partial charge on any atom is 0.338 e. The molecule has 0 saturated carbocycles. The van der Waals surface area contributed by atoms with Crippen LogP contribution in [0.2, 0.25) is 0 Å². The van der Waals surface area contributed by atoms with E-state index in [2.05, 4.69) is 5.32 Å². The van der Waals surface area contributed by atoms with E-state index < -0.39 is 29.3 Å². The molecule has 0 bridgehead atoms. The SMILES string of the molecule is CC(C)N(CC(N)=O)C(=O)Nc1ccc(C(=O)O)c(F)c1. The number of anilines is 1. The van der Waals surface area contributed by atoms with Gasteiger partial charge in [0, 0.05) is 11.7 Å². The minimum Gasteiger partial charge on any atom is -0.478 e. The van der Waals surface area contributed by atoms with Crippen LogP contribution in [-0.4, -0.2) is 40.5 Å². The quantitative estimate of drug-likeness (QED) is 0.759. The van der Waals surface area contributed by atoms with Crippen molar-refractivity contribution in [3.05, 3.63) is 29.6 Å². The summed E-state index contributed by atoms with van der Waals surface area (Å²) in [4.78, 5) is 34.8. The molecule has 0 aliphatic carbocycles. The minimum absolute atomic E-state index is 0.0811. The molecule has 0 saturated heterocycles. The highest BCUT2D eigenvalue weighted by atomic mass is 19.1. The Hall–Kier alpha value is -2.64. The van der Waals surface area contributed by atoms with Crippen molar-refractivity contribution >= 4 is 23.6 Å². The lowest BCUT2D eigenvalue weighted by Crippen LogP contribution is -2.45. The van der Waals surface area contributed by atoms with Crippen LogP contribution in [0.4, 0.5) is 14.9 Å². The van der Waals surface area contributed by atoms with E-state index in [4.69, 9.17) is 10.8 Å². The second-order valence-corrected chi connectivity index (χ2v) is 4.62. The average Bonchev–Trinajstić information content (AvgIpc) is 2.34. The molecular weight excluding hydrogens is 281 g/mol. The number of carbonyl (C=O) groups excluding carboxylic acids is 2. The van der Waals surface area contributed by atoms with Gasteiger partial charge in [-0.15, -0.1) is 0 Å². The van der Waals surface area contributed by atoms with Gasteiger partial charge in [-0.2, -0.15) is 0 Å². The summed E-state index contributed by atoms with van der Waals surface area (Å²) in [6, 6.07) is 2.27. The van der Waals surface area contributed by atoms with Crippen LogP contribution in [-0.2, 0) is 4.79 Å². The van der Waals surface area contributed by atoms with E-state index in [-0.39, 0.29) is 18.3 Å². The van der Waals surface area contributed by atoms with Crippen molar-refractivity contribution in [2.45, 2.75) is 19.9 Å². The number of primary amides is 1. The lowest BCUT2D eigenvalue weighted by molar-refractivity contribution is -0.118. The molecule has 0 spiro atoms. The smallest absolute Gasteiger partial charge is 0.338 e. The Morgan fingerprint density at radius 2 is 2.00 bits per heavy atom. The summed E-state index contributed by atoms with van der Waals surface area (Å²) >= 11 is 0. The fourth-order valence-electron chi connectivity index (χ4n) is 1.62. The molecule has 114 valence electrons. The minimum atomic E-state index is -1.40. The monoisotopic (exact) mass is 297 g/mol.